The molecule has 0 atom stereocenters. The van der Waals surface area contributed by atoms with Gasteiger partial charge in [-0.3, -0.25) is 0 Å². The zero-order valence-corrected chi connectivity index (χ0v) is 11.0. The topological polar surface area (TPSA) is 66.9 Å². The number of hydrogen-bond donors (Lipinski definition) is 3. The van der Waals surface area contributed by atoms with Crippen molar-refractivity contribution in [2.24, 2.45) is 5.10 Å². The Hall–Kier alpha value is -3.15. The van der Waals surface area contributed by atoms with Crippen molar-refractivity contribution in [3.05, 3.63) is 54.7 Å². The summed E-state index contributed by atoms with van der Waals surface area (Å²) in [6, 6.07) is 15.0. The fourth-order valence-corrected chi connectivity index (χ4v) is 2.35. The summed E-state index contributed by atoms with van der Waals surface area (Å²) in [4.78, 5) is 3.18. The molecule has 1 aromatic heterocycles. The number of aromatic hydroxyl groups is 1. The molecule has 1 radical (unpaired) electrons. The molecule has 0 bridgehead atoms. The number of hydrazine groups is 2. The number of phenols is 1. The highest BCUT2D eigenvalue weighted by Crippen LogP contribution is 2.27. The van der Waals surface area contributed by atoms with Crippen LogP contribution in [0.1, 0.15) is 0 Å². The zero-order valence-electron chi connectivity index (χ0n) is 11.0. The lowest BCUT2D eigenvalue weighted by Crippen LogP contribution is -2.43. The van der Waals surface area contributed by atoms with Gasteiger partial charge in [0.15, 0.2) is 0 Å². The van der Waals surface area contributed by atoms with Gasteiger partial charge in [0.05, 0.1) is 11.4 Å². The number of aromatic amines is 1. The number of H-pyrrole nitrogens is 1. The Labute approximate surface area is 120 Å². The van der Waals surface area contributed by atoms with E-state index in [9.17, 15) is 5.11 Å². The van der Waals surface area contributed by atoms with Crippen LogP contribution >= 0.6 is 0 Å². The fraction of sp³-hybridized carbons (Fsp3) is 0. The highest BCUT2D eigenvalue weighted by atomic mass is 16.3. The Bertz CT molecular complexity index is 826. The van der Waals surface area contributed by atoms with Crippen molar-refractivity contribution < 1.29 is 5.11 Å². The van der Waals surface area contributed by atoms with Gasteiger partial charge in [-0.05, 0) is 35.7 Å². The number of fused-ring (bicyclic) bond motifs is 1. The summed E-state index contributed by atoms with van der Waals surface area (Å²) in [7, 11) is 0. The van der Waals surface area contributed by atoms with Crippen LogP contribution in [0.3, 0.4) is 0 Å². The summed E-state index contributed by atoms with van der Waals surface area (Å²) in [5.41, 5.74) is 5.58. The van der Waals surface area contributed by atoms with Crippen LogP contribution in [0, 0.1) is 0 Å². The van der Waals surface area contributed by atoms with E-state index in [0.29, 0.717) is 0 Å². The zero-order chi connectivity index (χ0) is 14.2. The lowest BCUT2D eigenvalue weighted by Gasteiger charge is -2.27. The molecule has 0 aliphatic carbocycles. The highest BCUT2D eigenvalue weighted by Gasteiger charge is 2.21. The molecule has 4 rings (SSSR count). The first-order valence-corrected chi connectivity index (χ1v) is 6.49. The van der Waals surface area contributed by atoms with Crippen LogP contribution in [0.5, 0.6) is 5.75 Å². The molecular weight excluding hydrogens is 266 g/mol. The second-order valence-corrected chi connectivity index (χ2v) is 4.70. The van der Waals surface area contributed by atoms with E-state index in [4.69, 9.17) is 0 Å². The quantitative estimate of drug-likeness (QED) is 0.673. The van der Waals surface area contributed by atoms with Crippen molar-refractivity contribution in [3.63, 3.8) is 0 Å². The number of phenolic OH excluding ortho intramolecular Hbond substituents is 1. The molecule has 1 aliphatic rings. The molecular formula is C15H12N5O. The van der Waals surface area contributed by atoms with E-state index in [-0.39, 0.29) is 5.75 Å². The number of hydrazone groups is 1. The van der Waals surface area contributed by atoms with Gasteiger partial charge in [0.1, 0.15) is 5.75 Å². The molecule has 21 heavy (non-hydrogen) atoms. The Kier molecular flexibility index (Phi) is 2.47. The second-order valence-electron chi connectivity index (χ2n) is 4.70. The van der Waals surface area contributed by atoms with E-state index >= 15 is 0 Å². The van der Waals surface area contributed by atoms with E-state index in [1.165, 1.54) is 0 Å². The van der Waals surface area contributed by atoms with Gasteiger partial charge in [0.25, 0.3) is 0 Å². The van der Waals surface area contributed by atoms with Gasteiger partial charge in [-0.2, -0.15) is 10.7 Å². The van der Waals surface area contributed by atoms with Crippen molar-refractivity contribution in [1.29, 1.82) is 0 Å². The molecule has 0 spiro atoms. The number of benzene rings is 2. The average molecular weight is 278 g/mol. The van der Waals surface area contributed by atoms with Gasteiger partial charge in [-0.1, -0.05) is 12.1 Å². The van der Waals surface area contributed by atoms with Gasteiger partial charge in [-0.25, -0.2) is 5.01 Å². The Morgan fingerprint density at radius 1 is 1.05 bits per heavy atom. The normalized spacial score (nSPS) is 13.9. The van der Waals surface area contributed by atoms with Crippen molar-refractivity contribution >= 4 is 28.6 Å². The lowest BCUT2D eigenvalue weighted by atomic mass is 10.2. The van der Waals surface area contributed by atoms with E-state index < -0.39 is 0 Å². The molecule has 3 aromatic rings. The maximum absolute atomic E-state index is 9.61. The molecule has 0 amide bonds. The molecule has 0 saturated heterocycles. The predicted octanol–water partition coefficient (Wildman–Crippen LogP) is 2.44. The summed E-state index contributed by atoms with van der Waals surface area (Å²) in [6.07, 6.45) is 4.75. The van der Waals surface area contributed by atoms with Crippen molar-refractivity contribution in [2.45, 2.75) is 0 Å². The molecule has 3 N–H and O–H groups in total. The number of rotatable bonds is 2. The van der Waals surface area contributed by atoms with Gasteiger partial charge in [0, 0.05) is 17.8 Å². The van der Waals surface area contributed by atoms with Crippen LogP contribution in [-0.2, 0) is 0 Å². The number of nitrogens with zero attached hydrogens (tertiary/aromatic N) is 3. The van der Waals surface area contributed by atoms with E-state index in [2.05, 4.69) is 22.0 Å². The lowest BCUT2D eigenvalue weighted by molar-refractivity contribution is 0.475. The fourth-order valence-electron chi connectivity index (χ4n) is 2.35. The van der Waals surface area contributed by atoms with Crippen LogP contribution in [0.15, 0.2) is 59.8 Å². The number of aromatic nitrogens is 1. The first-order valence-electron chi connectivity index (χ1n) is 6.49. The minimum Gasteiger partial charge on any atom is -0.508 e. The number of hydrogen-bond acceptors (Lipinski definition) is 5. The average Bonchev–Trinajstić information content (AvgIpc) is 3.15. The van der Waals surface area contributed by atoms with Crippen LogP contribution in [0.25, 0.3) is 10.9 Å². The standard InChI is InChI=1S/C15H12N5O/c21-14-3-1-2-12(8-14)19-10-17-18-20(19)13-5-4-11-6-7-16-15(11)9-13/h1-9,16,18,21H. The van der Waals surface area contributed by atoms with E-state index in [1.54, 1.807) is 28.3 Å². The van der Waals surface area contributed by atoms with Crippen LogP contribution < -0.4 is 15.7 Å². The predicted molar refractivity (Wildman–Crippen MR) is 81.9 cm³/mol. The third-order valence-corrected chi connectivity index (χ3v) is 3.35. The molecule has 103 valence electrons. The summed E-state index contributed by atoms with van der Waals surface area (Å²) in [5, 5.41) is 18.2. The van der Waals surface area contributed by atoms with E-state index in [1.807, 2.05) is 36.5 Å². The molecule has 0 fully saturated rings. The molecule has 2 heterocycles. The molecule has 6 nitrogen and oxygen atoms in total. The molecule has 2 aromatic carbocycles. The highest BCUT2D eigenvalue weighted by molar-refractivity contribution is 5.88. The Morgan fingerprint density at radius 3 is 2.90 bits per heavy atom. The second kappa shape index (κ2) is 4.45. The smallest absolute Gasteiger partial charge is 0.222 e. The minimum atomic E-state index is 0.195. The van der Waals surface area contributed by atoms with E-state index in [0.717, 1.165) is 22.3 Å². The first-order chi connectivity index (χ1) is 10.3. The van der Waals surface area contributed by atoms with Crippen LogP contribution in [0.4, 0.5) is 11.4 Å². The van der Waals surface area contributed by atoms with Gasteiger partial charge >= 0.3 is 0 Å². The molecule has 0 saturated carbocycles. The summed E-state index contributed by atoms with van der Waals surface area (Å²) >= 11 is 0. The summed E-state index contributed by atoms with van der Waals surface area (Å²) in [6.45, 7) is 0. The third kappa shape index (κ3) is 1.93. The Balaban J connectivity index is 1.73. The molecule has 6 heteroatoms. The van der Waals surface area contributed by atoms with Crippen LogP contribution in [-0.4, -0.2) is 16.4 Å². The maximum Gasteiger partial charge on any atom is 0.222 e. The summed E-state index contributed by atoms with van der Waals surface area (Å²) < 4.78 is 0. The monoisotopic (exact) mass is 278 g/mol. The van der Waals surface area contributed by atoms with Crippen molar-refractivity contribution in [3.8, 4) is 5.75 Å². The summed E-state index contributed by atoms with van der Waals surface area (Å²) in [5.74, 6) is 0.195. The largest absolute Gasteiger partial charge is 0.508 e. The molecule has 1 aliphatic heterocycles. The van der Waals surface area contributed by atoms with Gasteiger partial charge in [-0.15, -0.1) is 5.10 Å². The number of anilines is 2. The van der Waals surface area contributed by atoms with Crippen LogP contribution in [0.2, 0.25) is 0 Å². The van der Waals surface area contributed by atoms with Gasteiger partial charge in [0.2, 0.25) is 6.34 Å². The van der Waals surface area contributed by atoms with Gasteiger partial charge < -0.3 is 10.1 Å². The van der Waals surface area contributed by atoms with Crippen molar-refractivity contribution in [1.82, 2.24) is 10.5 Å². The number of nitrogens with one attached hydrogen (secondary N) is 2. The Morgan fingerprint density at radius 2 is 2.00 bits per heavy atom. The third-order valence-electron chi connectivity index (χ3n) is 3.35. The SMILES string of the molecule is Oc1cccc(N2[C]=NNN2c2ccc3cc[nH]c3c2)c1. The minimum absolute atomic E-state index is 0.195. The first kappa shape index (κ1) is 11.7. The van der Waals surface area contributed by atoms with Crippen molar-refractivity contribution in [2.75, 3.05) is 10.1 Å². The molecule has 0 unspecified atom stereocenters. The maximum atomic E-state index is 9.61.